The topological polar surface area (TPSA) is 80.1 Å². The monoisotopic (exact) mass is 499 g/mol. The summed E-state index contributed by atoms with van der Waals surface area (Å²) in [6.07, 6.45) is 1.67. The van der Waals surface area contributed by atoms with Crippen LogP contribution in [0.3, 0.4) is 0 Å². The van der Waals surface area contributed by atoms with E-state index < -0.39 is 0 Å². The Balaban J connectivity index is 1.39. The third-order valence-corrected chi connectivity index (χ3v) is 7.17. The van der Waals surface area contributed by atoms with Gasteiger partial charge in [0.15, 0.2) is 5.16 Å². The molecule has 1 heterocycles. The standard InChI is InChI=1S/C28H29N5O2S/c1-19-13-14-25(15-20(19)2)33-18-29-31-28(33)36-17-26(34)32(4)21(3)23-11-8-12-24(16-23)30-27(35)22-9-6-5-7-10-22/h5-16,18,21H,17H2,1-4H3,(H,30,35). The predicted octanol–water partition coefficient (Wildman–Crippen LogP) is 5.45. The fourth-order valence-corrected chi connectivity index (χ4v) is 4.56. The highest BCUT2D eigenvalue weighted by molar-refractivity contribution is 7.99. The molecular formula is C28H29N5O2S. The molecule has 1 unspecified atom stereocenters. The van der Waals surface area contributed by atoms with Crippen LogP contribution in [-0.4, -0.2) is 44.3 Å². The second-order valence-corrected chi connectivity index (χ2v) is 9.61. The summed E-state index contributed by atoms with van der Waals surface area (Å²) < 4.78 is 1.90. The molecule has 0 aliphatic heterocycles. The first kappa shape index (κ1) is 25.2. The van der Waals surface area contributed by atoms with Crippen molar-refractivity contribution >= 4 is 29.3 Å². The lowest BCUT2D eigenvalue weighted by Gasteiger charge is -2.25. The minimum atomic E-state index is -0.177. The summed E-state index contributed by atoms with van der Waals surface area (Å²) in [5, 5.41) is 11.8. The van der Waals surface area contributed by atoms with E-state index in [0.717, 1.165) is 11.3 Å². The Labute approximate surface area is 215 Å². The van der Waals surface area contributed by atoms with Crippen LogP contribution in [0.5, 0.6) is 0 Å². The van der Waals surface area contributed by atoms with Gasteiger partial charge in [-0.3, -0.25) is 14.2 Å². The number of nitrogens with one attached hydrogen (secondary N) is 1. The van der Waals surface area contributed by atoms with Crippen molar-refractivity contribution in [2.45, 2.75) is 32.0 Å². The third kappa shape index (κ3) is 5.83. The van der Waals surface area contributed by atoms with Gasteiger partial charge in [-0.05, 0) is 73.9 Å². The van der Waals surface area contributed by atoms with E-state index in [1.165, 1.54) is 22.9 Å². The normalized spacial score (nSPS) is 11.7. The second kappa shape index (κ2) is 11.2. The van der Waals surface area contributed by atoms with Gasteiger partial charge in [0, 0.05) is 24.0 Å². The number of hydrogen-bond donors (Lipinski definition) is 1. The van der Waals surface area contributed by atoms with Crippen LogP contribution >= 0.6 is 11.8 Å². The van der Waals surface area contributed by atoms with E-state index in [1.807, 2.05) is 60.0 Å². The van der Waals surface area contributed by atoms with Crippen LogP contribution in [0.15, 0.2) is 84.3 Å². The van der Waals surface area contributed by atoms with E-state index in [-0.39, 0.29) is 23.6 Å². The van der Waals surface area contributed by atoms with Crippen LogP contribution in [0.4, 0.5) is 5.69 Å². The van der Waals surface area contributed by atoms with Gasteiger partial charge in [-0.2, -0.15) is 0 Å². The Morgan fingerprint density at radius 2 is 1.78 bits per heavy atom. The summed E-state index contributed by atoms with van der Waals surface area (Å²) >= 11 is 1.36. The molecule has 4 aromatic rings. The number of aromatic nitrogens is 3. The number of amides is 2. The average Bonchev–Trinajstić information content (AvgIpc) is 3.37. The fourth-order valence-electron chi connectivity index (χ4n) is 3.71. The van der Waals surface area contributed by atoms with Crippen LogP contribution in [0.25, 0.3) is 5.69 Å². The van der Waals surface area contributed by atoms with Crippen molar-refractivity contribution in [3.63, 3.8) is 0 Å². The van der Waals surface area contributed by atoms with E-state index in [9.17, 15) is 9.59 Å². The maximum Gasteiger partial charge on any atom is 0.255 e. The lowest BCUT2D eigenvalue weighted by Crippen LogP contribution is -2.31. The maximum atomic E-state index is 13.0. The number of hydrogen-bond acceptors (Lipinski definition) is 5. The summed E-state index contributed by atoms with van der Waals surface area (Å²) in [6, 6.07) is 22.6. The van der Waals surface area contributed by atoms with Gasteiger partial charge in [0.05, 0.1) is 11.8 Å². The molecule has 0 aliphatic carbocycles. The van der Waals surface area contributed by atoms with Gasteiger partial charge >= 0.3 is 0 Å². The SMILES string of the molecule is Cc1ccc(-n2cnnc2SCC(=O)N(C)C(C)c2cccc(NC(=O)c3ccccc3)c2)cc1C. The second-order valence-electron chi connectivity index (χ2n) is 8.67. The number of carbonyl (C=O) groups is 2. The molecule has 0 spiro atoms. The quantitative estimate of drug-likeness (QED) is 0.326. The number of carbonyl (C=O) groups excluding carboxylic acids is 2. The molecule has 7 nitrogen and oxygen atoms in total. The number of thioether (sulfide) groups is 1. The Morgan fingerprint density at radius 3 is 2.53 bits per heavy atom. The highest BCUT2D eigenvalue weighted by Crippen LogP contribution is 2.25. The Kier molecular flexibility index (Phi) is 7.85. The summed E-state index contributed by atoms with van der Waals surface area (Å²) in [6.45, 7) is 6.11. The number of anilines is 1. The largest absolute Gasteiger partial charge is 0.338 e. The first-order chi connectivity index (χ1) is 17.3. The van der Waals surface area contributed by atoms with Gasteiger partial charge in [0.2, 0.25) is 5.91 Å². The Morgan fingerprint density at radius 1 is 1.00 bits per heavy atom. The zero-order valence-electron chi connectivity index (χ0n) is 20.8. The van der Waals surface area contributed by atoms with Crippen molar-refractivity contribution in [2.75, 3.05) is 18.1 Å². The van der Waals surface area contributed by atoms with Crippen molar-refractivity contribution < 1.29 is 9.59 Å². The highest BCUT2D eigenvalue weighted by atomic mass is 32.2. The summed E-state index contributed by atoms with van der Waals surface area (Å²) in [5.41, 5.74) is 5.58. The van der Waals surface area contributed by atoms with E-state index in [1.54, 1.807) is 30.4 Å². The van der Waals surface area contributed by atoms with E-state index >= 15 is 0 Å². The summed E-state index contributed by atoms with van der Waals surface area (Å²) in [4.78, 5) is 27.2. The zero-order valence-corrected chi connectivity index (χ0v) is 21.6. The van der Waals surface area contributed by atoms with Gasteiger partial charge in [-0.1, -0.05) is 48.2 Å². The fraction of sp³-hybridized carbons (Fsp3) is 0.214. The van der Waals surface area contributed by atoms with E-state index in [4.69, 9.17) is 0 Å². The molecule has 0 fully saturated rings. The van der Waals surface area contributed by atoms with Crippen molar-refractivity contribution in [1.29, 1.82) is 0 Å². The van der Waals surface area contributed by atoms with Gasteiger partial charge in [0.1, 0.15) is 6.33 Å². The van der Waals surface area contributed by atoms with Crippen LogP contribution in [0.1, 0.15) is 40.0 Å². The van der Waals surface area contributed by atoms with Crippen LogP contribution < -0.4 is 5.32 Å². The summed E-state index contributed by atoms with van der Waals surface area (Å²) in [7, 11) is 1.79. The molecular weight excluding hydrogens is 470 g/mol. The molecule has 1 atom stereocenters. The van der Waals surface area contributed by atoms with Crippen LogP contribution in [-0.2, 0) is 4.79 Å². The average molecular weight is 500 g/mol. The van der Waals surface area contributed by atoms with Crippen molar-refractivity contribution in [1.82, 2.24) is 19.7 Å². The highest BCUT2D eigenvalue weighted by Gasteiger charge is 2.19. The number of rotatable bonds is 8. The third-order valence-electron chi connectivity index (χ3n) is 6.25. The molecule has 184 valence electrons. The van der Waals surface area contributed by atoms with Crippen LogP contribution in [0, 0.1) is 13.8 Å². The predicted molar refractivity (Wildman–Crippen MR) is 144 cm³/mol. The van der Waals surface area contributed by atoms with Crippen molar-refractivity contribution in [3.05, 3.63) is 101 Å². The zero-order chi connectivity index (χ0) is 25.7. The maximum absolute atomic E-state index is 13.0. The molecule has 0 aliphatic rings. The van der Waals surface area contributed by atoms with E-state index in [2.05, 4.69) is 41.5 Å². The molecule has 0 bridgehead atoms. The molecule has 2 amide bonds. The molecule has 3 aromatic carbocycles. The van der Waals surface area contributed by atoms with Crippen molar-refractivity contribution in [2.24, 2.45) is 0 Å². The van der Waals surface area contributed by atoms with Crippen molar-refractivity contribution in [3.8, 4) is 5.69 Å². The Hall–Kier alpha value is -3.91. The minimum Gasteiger partial charge on any atom is -0.338 e. The van der Waals surface area contributed by atoms with Gasteiger partial charge in [-0.25, -0.2) is 0 Å². The minimum absolute atomic E-state index is 0.0270. The molecule has 0 saturated carbocycles. The summed E-state index contributed by atoms with van der Waals surface area (Å²) in [5.74, 6) is 0.0319. The number of aryl methyl sites for hydroxylation is 2. The van der Waals surface area contributed by atoms with E-state index in [0.29, 0.717) is 16.4 Å². The number of benzene rings is 3. The molecule has 1 aromatic heterocycles. The first-order valence-corrected chi connectivity index (χ1v) is 12.6. The van der Waals surface area contributed by atoms with Gasteiger partial charge in [-0.15, -0.1) is 10.2 Å². The molecule has 4 rings (SSSR count). The smallest absolute Gasteiger partial charge is 0.255 e. The lowest BCUT2D eigenvalue weighted by atomic mass is 10.1. The molecule has 0 saturated heterocycles. The molecule has 36 heavy (non-hydrogen) atoms. The van der Waals surface area contributed by atoms with Gasteiger partial charge in [0.25, 0.3) is 5.91 Å². The van der Waals surface area contributed by atoms with Gasteiger partial charge < -0.3 is 10.2 Å². The Bertz CT molecular complexity index is 1370. The molecule has 1 N–H and O–H groups in total. The lowest BCUT2D eigenvalue weighted by molar-refractivity contribution is -0.128. The molecule has 8 heteroatoms. The molecule has 0 radical (unpaired) electrons. The van der Waals surface area contributed by atoms with Crippen LogP contribution in [0.2, 0.25) is 0 Å². The first-order valence-electron chi connectivity index (χ1n) is 11.7. The number of nitrogens with zero attached hydrogens (tertiary/aromatic N) is 4.